The quantitative estimate of drug-likeness (QED) is 0.0201. The molecule has 0 radical (unpaired) electrons. The number of esters is 3. The van der Waals surface area contributed by atoms with Gasteiger partial charge in [0.25, 0.3) is 0 Å². The molecule has 0 amide bonds. The molecule has 0 heterocycles. The molecule has 334 valence electrons. The summed E-state index contributed by atoms with van der Waals surface area (Å²) in [7, 11) is 0. The first-order chi connectivity index (χ1) is 29.0. The maximum absolute atomic E-state index is 12.7. The van der Waals surface area contributed by atoms with Gasteiger partial charge in [0.2, 0.25) is 0 Å². The molecule has 0 aromatic carbocycles. The summed E-state index contributed by atoms with van der Waals surface area (Å²) in [5, 5.41) is 0. The van der Waals surface area contributed by atoms with Crippen molar-refractivity contribution in [2.75, 3.05) is 13.2 Å². The van der Waals surface area contributed by atoms with Crippen LogP contribution in [0, 0.1) is 0 Å². The van der Waals surface area contributed by atoms with Gasteiger partial charge in [-0.15, -0.1) is 0 Å². The third kappa shape index (κ3) is 45.3. The number of rotatable bonds is 41. The number of ether oxygens (including phenoxy) is 3. The SMILES string of the molecule is CC/C=C\C/C=C\C/C=C\C/C=C\C/C=C\CCC(=O)OCC(COC(=O)CCCCCC/C=C\CCCC)OC(=O)CCCCCCCC/C=C\C=C/CCCCC. The normalized spacial score (nSPS) is 12.9. The maximum Gasteiger partial charge on any atom is 0.306 e. The van der Waals surface area contributed by atoms with Crippen LogP contribution in [-0.4, -0.2) is 37.2 Å². The van der Waals surface area contributed by atoms with Crippen molar-refractivity contribution in [2.24, 2.45) is 0 Å². The molecule has 1 unspecified atom stereocenters. The Hall–Kier alpha value is -3.67. The molecule has 0 saturated heterocycles. The second-order valence-electron chi connectivity index (χ2n) is 15.3. The largest absolute Gasteiger partial charge is 0.462 e. The lowest BCUT2D eigenvalue weighted by Crippen LogP contribution is -2.30. The fourth-order valence-corrected chi connectivity index (χ4v) is 5.99. The topological polar surface area (TPSA) is 78.9 Å². The molecule has 0 aromatic heterocycles. The Labute approximate surface area is 362 Å². The van der Waals surface area contributed by atoms with Gasteiger partial charge >= 0.3 is 17.9 Å². The lowest BCUT2D eigenvalue weighted by Gasteiger charge is -2.18. The highest BCUT2D eigenvalue weighted by Crippen LogP contribution is 2.12. The molecular formula is C53H86O6. The molecule has 0 saturated carbocycles. The standard InChI is InChI=1S/C53H86O6/c1-4-7-10-13-16-19-22-24-26-28-29-31-34-37-40-43-46-52(55)58-49-50(48-57-51(54)45-42-39-36-33-21-18-15-12-9-6-3)59-53(56)47-44-41-38-35-32-30-27-25-23-20-17-14-11-8-5-2/h7,10,15-20,23-26,29,31,37,40,50H,4-6,8-9,11-14,21-22,27-28,30,32-36,38-39,41-49H2,1-3H3/b10-7-,18-15-,19-16-,20-17-,25-23-,26-24-,31-29-,40-37-. The highest BCUT2D eigenvalue weighted by molar-refractivity contribution is 5.71. The van der Waals surface area contributed by atoms with Crippen LogP contribution in [0.15, 0.2) is 97.2 Å². The van der Waals surface area contributed by atoms with Crippen molar-refractivity contribution in [3.63, 3.8) is 0 Å². The second-order valence-corrected chi connectivity index (χ2v) is 15.3. The fraction of sp³-hybridized carbons (Fsp3) is 0.642. The van der Waals surface area contributed by atoms with Gasteiger partial charge in [0.15, 0.2) is 6.10 Å². The molecule has 59 heavy (non-hydrogen) atoms. The molecule has 0 fully saturated rings. The summed E-state index contributed by atoms with van der Waals surface area (Å²) >= 11 is 0. The Kier molecular flexibility index (Phi) is 44.1. The molecule has 0 N–H and O–H groups in total. The van der Waals surface area contributed by atoms with E-state index < -0.39 is 6.10 Å². The van der Waals surface area contributed by atoms with E-state index in [2.05, 4.69) is 106 Å². The van der Waals surface area contributed by atoms with E-state index in [4.69, 9.17) is 14.2 Å². The van der Waals surface area contributed by atoms with Crippen molar-refractivity contribution < 1.29 is 28.6 Å². The maximum atomic E-state index is 12.7. The van der Waals surface area contributed by atoms with E-state index in [1.807, 2.05) is 12.2 Å². The summed E-state index contributed by atoms with van der Waals surface area (Å²) in [5.41, 5.74) is 0. The van der Waals surface area contributed by atoms with Crippen LogP contribution >= 0.6 is 0 Å². The lowest BCUT2D eigenvalue weighted by atomic mass is 10.1. The van der Waals surface area contributed by atoms with Gasteiger partial charge < -0.3 is 14.2 Å². The van der Waals surface area contributed by atoms with E-state index in [0.29, 0.717) is 19.3 Å². The molecule has 0 aromatic rings. The number of unbranched alkanes of at least 4 members (excludes halogenated alkanes) is 15. The third-order valence-corrected chi connectivity index (χ3v) is 9.58. The van der Waals surface area contributed by atoms with Crippen LogP contribution in [0.1, 0.15) is 201 Å². The molecule has 0 aliphatic heterocycles. The predicted molar refractivity (Wildman–Crippen MR) is 251 cm³/mol. The number of allylic oxidation sites excluding steroid dienone is 16. The van der Waals surface area contributed by atoms with E-state index in [9.17, 15) is 14.4 Å². The van der Waals surface area contributed by atoms with Crippen LogP contribution in [0.25, 0.3) is 0 Å². The number of hydrogen-bond acceptors (Lipinski definition) is 6. The summed E-state index contributed by atoms with van der Waals surface area (Å²) in [6.45, 7) is 6.34. The predicted octanol–water partition coefficient (Wildman–Crippen LogP) is 15.4. The highest BCUT2D eigenvalue weighted by Gasteiger charge is 2.19. The Balaban J connectivity index is 4.53. The zero-order valence-corrected chi connectivity index (χ0v) is 38.0. The lowest BCUT2D eigenvalue weighted by molar-refractivity contribution is -0.166. The average Bonchev–Trinajstić information content (AvgIpc) is 3.23. The third-order valence-electron chi connectivity index (χ3n) is 9.58. The highest BCUT2D eigenvalue weighted by atomic mass is 16.6. The molecule has 6 nitrogen and oxygen atoms in total. The molecule has 0 spiro atoms. The summed E-state index contributed by atoms with van der Waals surface area (Å²) in [6.07, 6.45) is 61.1. The molecular weight excluding hydrogens is 733 g/mol. The van der Waals surface area contributed by atoms with Crippen molar-refractivity contribution in [1.82, 2.24) is 0 Å². The number of hydrogen-bond donors (Lipinski definition) is 0. The van der Waals surface area contributed by atoms with E-state index in [-0.39, 0.29) is 37.5 Å². The van der Waals surface area contributed by atoms with Crippen LogP contribution < -0.4 is 0 Å². The second kappa shape index (κ2) is 47.0. The molecule has 0 aliphatic carbocycles. The van der Waals surface area contributed by atoms with E-state index in [0.717, 1.165) is 109 Å². The summed E-state index contributed by atoms with van der Waals surface area (Å²) < 4.78 is 16.6. The van der Waals surface area contributed by atoms with E-state index in [1.54, 1.807) is 0 Å². The van der Waals surface area contributed by atoms with Gasteiger partial charge in [0.05, 0.1) is 0 Å². The first kappa shape index (κ1) is 55.3. The van der Waals surface area contributed by atoms with Gasteiger partial charge in [0.1, 0.15) is 13.2 Å². The summed E-state index contributed by atoms with van der Waals surface area (Å²) in [5.74, 6) is -1.03. The first-order valence-electron chi connectivity index (χ1n) is 23.8. The zero-order valence-electron chi connectivity index (χ0n) is 38.0. The minimum absolute atomic E-state index is 0.113. The van der Waals surface area contributed by atoms with Crippen LogP contribution in [0.3, 0.4) is 0 Å². The Bertz CT molecular complexity index is 1220. The van der Waals surface area contributed by atoms with Crippen molar-refractivity contribution >= 4 is 17.9 Å². The first-order valence-corrected chi connectivity index (χ1v) is 23.8. The van der Waals surface area contributed by atoms with Crippen molar-refractivity contribution in [3.8, 4) is 0 Å². The van der Waals surface area contributed by atoms with E-state index in [1.165, 1.54) is 44.9 Å². The molecule has 0 bridgehead atoms. The van der Waals surface area contributed by atoms with Gasteiger partial charge in [-0.3, -0.25) is 14.4 Å². The van der Waals surface area contributed by atoms with E-state index >= 15 is 0 Å². The van der Waals surface area contributed by atoms with Gasteiger partial charge in [-0.1, -0.05) is 182 Å². The van der Waals surface area contributed by atoms with Crippen molar-refractivity contribution in [1.29, 1.82) is 0 Å². The van der Waals surface area contributed by atoms with Crippen molar-refractivity contribution in [2.45, 2.75) is 207 Å². The summed E-state index contributed by atoms with van der Waals surface area (Å²) in [6, 6.07) is 0. The minimum Gasteiger partial charge on any atom is -0.462 e. The van der Waals surface area contributed by atoms with Crippen LogP contribution in [0.4, 0.5) is 0 Å². The number of carbonyl (C=O) groups is 3. The Morgan fingerprint density at radius 1 is 0.373 bits per heavy atom. The van der Waals surface area contributed by atoms with Gasteiger partial charge in [-0.25, -0.2) is 0 Å². The monoisotopic (exact) mass is 819 g/mol. The molecule has 0 rings (SSSR count). The van der Waals surface area contributed by atoms with Crippen molar-refractivity contribution in [3.05, 3.63) is 97.2 Å². The molecule has 0 aliphatic rings. The number of carbonyl (C=O) groups excluding carboxylic acids is 3. The smallest absolute Gasteiger partial charge is 0.306 e. The molecule has 6 heteroatoms. The van der Waals surface area contributed by atoms with Crippen LogP contribution in [0.2, 0.25) is 0 Å². The Morgan fingerprint density at radius 2 is 0.763 bits per heavy atom. The van der Waals surface area contributed by atoms with Gasteiger partial charge in [0, 0.05) is 19.3 Å². The zero-order chi connectivity index (χ0) is 43.0. The Morgan fingerprint density at radius 3 is 1.29 bits per heavy atom. The fourth-order valence-electron chi connectivity index (χ4n) is 5.99. The van der Waals surface area contributed by atoms with Crippen LogP contribution in [0.5, 0.6) is 0 Å². The van der Waals surface area contributed by atoms with Crippen LogP contribution in [-0.2, 0) is 28.6 Å². The molecule has 1 atom stereocenters. The van der Waals surface area contributed by atoms with Gasteiger partial charge in [-0.2, -0.15) is 0 Å². The minimum atomic E-state index is -0.817. The summed E-state index contributed by atoms with van der Waals surface area (Å²) in [4.78, 5) is 37.8. The van der Waals surface area contributed by atoms with Gasteiger partial charge in [-0.05, 0) is 96.3 Å². The average molecular weight is 819 g/mol.